The van der Waals surface area contributed by atoms with E-state index < -0.39 is 29.4 Å². The second kappa shape index (κ2) is 10.9. The number of carbonyl (C=O) groups excluding carboxylic acids is 1. The lowest BCUT2D eigenvalue weighted by molar-refractivity contribution is -0.140. The van der Waals surface area contributed by atoms with Gasteiger partial charge in [-0.15, -0.1) is 0 Å². The van der Waals surface area contributed by atoms with Crippen molar-refractivity contribution < 1.29 is 28.2 Å². The first-order valence-corrected chi connectivity index (χ1v) is 13.2. The zero-order valence-electron chi connectivity index (χ0n) is 21.0. The summed E-state index contributed by atoms with van der Waals surface area (Å²) in [5.41, 5.74) is 4.20. The number of carbonyl (C=O) groups is 2. The Morgan fingerprint density at radius 1 is 0.846 bits per heavy atom. The monoisotopic (exact) mass is 545 g/mol. The van der Waals surface area contributed by atoms with Crippen LogP contribution >= 0.6 is 11.9 Å². The molecule has 0 radical (unpaired) electrons. The zero-order valence-corrected chi connectivity index (χ0v) is 21.8. The smallest absolute Gasteiger partial charge is 0.418 e. The van der Waals surface area contributed by atoms with Crippen molar-refractivity contribution in [1.82, 2.24) is 4.72 Å². The molecule has 4 aromatic rings. The van der Waals surface area contributed by atoms with Gasteiger partial charge in [-0.25, -0.2) is 13.6 Å². The number of carboxylic acids is 1. The Bertz CT molecular complexity index is 1500. The van der Waals surface area contributed by atoms with E-state index in [2.05, 4.69) is 4.72 Å². The molecule has 0 spiro atoms. The van der Waals surface area contributed by atoms with E-state index in [9.17, 15) is 23.5 Å². The van der Waals surface area contributed by atoms with Crippen molar-refractivity contribution in [3.63, 3.8) is 0 Å². The standard InChI is InChI=1S/C31H25F2NO4S/c1-19(20-8-12-25(32)13-9-20)38-30(37)34-39-28-18-26(33)14-15-27(28)23-4-2-21(3-5-23)22-6-10-24(11-7-22)31(16-17-31)29(35)36/h2-15,18-19H,16-17H2,1H3,(H,34,37)(H,35,36)/t19-/m1/s1. The minimum absolute atomic E-state index is 0.377. The molecule has 0 unspecified atom stereocenters. The highest BCUT2D eigenvalue weighted by molar-refractivity contribution is 7.98. The Hall–Kier alpha value is -4.17. The summed E-state index contributed by atoms with van der Waals surface area (Å²) >= 11 is 0.944. The molecule has 1 amide bonds. The average molecular weight is 546 g/mol. The summed E-state index contributed by atoms with van der Waals surface area (Å²) in [4.78, 5) is 24.5. The van der Waals surface area contributed by atoms with Gasteiger partial charge in [-0.1, -0.05) is 66.7 Å². The minimum atomic E-state index is -0.780. The van der Waals surface area contributed by atoms with Crippen LogP contribution < -0.4 is 4.72 Å². The first kappa shape index (κ1) is 26.4. The summed E-state index contributed by atoms with van der Waals surface area (Å²) in [7, 11) is 0. The van der Waals surface area contributed by atoms with Crippen LogP contribution in [0.25, 0.3) is 22.3 Å². The first-order chi connectivity index (χ1) is 18.7. The Balaban J connectivity index is 1.27. The molecule has 2 N–H and O–H groups in total. The molecular weight excluding hydrogens is 520 g/mol. The van der Waals surface area contributed by atoms with Crippen molar-refractivity contribution in [1.29, 1.82) is 0 Å². The van der Waals surface area contributed by atoms with Gasteiger partial charge in [0.15, 0.2) is 0 Å². The van der Waals surface area contributed by atoms with E-state index >= 15 is 0 Å². The van der Waals surface area contributed by atoms with Gasteiger partial charge < -0.3 is 9.84 Å². The Morgan fingerprint density at radius 3 is 2.00 bits per heavy atom. The van der Waals surface area contributed by atoms with Crippen molar-refractivity contribution >= 4 is 24.0 Å². The number of benzene rings is 4. The maximum absolute atomic E-state index is 14.1. The van der Waals surface area contributed by atoms with Gasteiger partial charge in [0.25, 0.3) is 0 Å². The van der Waals surface area contributed by atoms with Gasteiger partial charge in [0.1, 0.15) is 17.7 Å². The predicted molar refractivity (Wildman–Crippen MR) is 146 cm³/mol. The SMILES string of the molecule is C[C@@H](OC(=O)NSc1cc(F)ccc1-c1ccc(-c2ccc(C3(C(=O)O)CC3)cc2)cc1)c1ccc(F)cc1. The summed E-state index contributed by atoms with van der Waals surface area (Å²) in [5, 5.41) is 9.52. The topological polar surface area (TPSA) is 75.6 Å². The lowest BCUT2D eigenvalue weighted by Gasteiger charge is -2.15. The largest absolute Gasteiger partial charge is 0.481 e. The summed E-state index contributed by atoms with van der Waals surface area (Å²) in [5.74, 6) is -1.60. The summed E-state index contributed by atoms with van der Waals surface area (Å²) in [6.45, 7) is 1.68. The molecule has 0 aromatic heterocycles. The zero-order chi connectivity index (χ0) is 27.6. The second-order valence-electron chi connectivity index (χ2n) is 9.49. The number of amides is 1. The van der Waals surface area contributed by atoms with Gasteiger partial charge in [-0.05, 0) is 89.4 Å². The molecule has 1 aliphatic rings. The maximum atomic E-state index is 14.1. The minimum Gasteiger partial charge on any atom is -0.481 e. The fraction of sp³-hybridized carbons (Fsp3) is 0.161. The number of rotatable bonds is 8. The first-order valence-electron chi connectivity index (χ1n) is 12.4. The van der Waals surface area contributed by atoms with Crippen molar-refractivity contribution in [2.45, 2.75) is 36.2 Å². The van der Waals surface area contributed by atoms with Crippen molar-refractivity contribution in [3.8, 4) is 22.3 Å². The van der Waals surface area contributed by atoms with Crippen LogP contribution in [-0.4, -0.2) is 17.2 Å². The summed E-state index contributed by atoms with van der Waals surface area (Å²) in [6.07, 6.45) is 0.0168. The molecule has 0 heterocycles. The van der Waals surface area contributed by atoms with Crippen LogP contribution in [0.5, 0.6) is 0 Å². The van der Waals surface area contributed by atoms with Crippen LogP contribution in [0.15, 0.2) is 95.9 Å². The maximum Gasteiger partial charge on any atom is 0.418 e. The van der Waals surface area contributed by atoms with E-state index in [1.54, 1.807) is 25.1 Å². The molecule has 5 rings (SSSR count). The van der Waals surface area contributed by atoms with Crippen molar-refractivity contribution in [2.75, 3.05) is 0 Å². The molecule has 1 saturated carbocycles. The van der Waals surface area contributed by atoms with E-state index in [4.69, 9.17) is 4.74 Å². The van der Waals surface area contributed by atoms with Gasteiger partial charge >= 0.3 is 12.1 Å². The average Bonchev–Trinajstić information content (AvgIpc) is 3.75. The number of carboxylic acid groups (broad SMARTS) is 1. The molecule has 1 fully saturated rings. The van der Waals surface area contributed by atoms with E-state index in [0.717, 1.165) is 39.8 Å². The summed E-state index contributed by atoms with van der Waals surface area (Å²) < 4.78 is 35.2. The molecule has 0 bridgehead atoms. The lowest BCUT2D eigenvalue weighted by Crippen LogP contribution is -2.19. The third-order valence-corrected chi connectivity index (χ3v) is 7.76. The third-order valence-electron chi connectivity index (χ3n) is 6.94. The van der Waals surface area contributed by atoms with Crippen LogP contribution in [0, 0.1) is 11.6 Å². The number of hydrogen-bond acceptors (Lipinski definition) is 4. The molecule has 4 aromatic carbocycles. The number of nitrogens with one attached hydrogen (secondary N) is 1. The quantitative estimate of drug-likeness (QED) is 0.220. The van der Waals surface area contributed by atoms with Crippen molar-refractivity contribution in [2.24, 2.45) is 0 Å². The van der Waals surface area contributed by atoms with E-state index in [0.29, 0.717) is 23.3 Å². The van der Waals surface area contributed by atoms with Crippen LogP contribution in [0.2, 0.25) is 0 Å². The van der Waals surface area contributed by atoms with Crippen LogP contribution in [0.4, 0.5) is 13.6 Å². The third kappa shape index (κ3) is 5.81. The van der Waals surface area contributed by atoms with Gasteiger partial charge in [-0.2, -0.15) is 0 Å². The molecule has 39 heavy (non-hydrogen) atoms. The van der Waals surface area contributed by atoms with E-state index in [1.165, 1.54) is 24.3 Å². The van der Waals surface area contributed by atoms with Gasteiger partial charge in [0.2, 0.25) is 0 Å². The molecule has 1 aliphatic carbocycles. The fourth-order valence-corrected chi connectivity index (χ4v) is 5.19. The number of ether oxygens (including phenoxy) is 1. The van der Waals surface area contributed by atoms with Crippen molar-refractivity contribution in [3.05, 3.63) is 114 Å². The van der Waals surface area contributed by atoms with E-state index in [-0.39, 0.29) is 5.82 Å². The number of aliphatic carboxylic acids is 1. The molecule has 1 atom stereocenters. The Kier molecular flexibility index (Phi) is 7.39. The normalized spacial score (nSPS) is 14.3. The number of halogens is 2. The molecule has 8 heteroatoms. The Morgan fingerprint density at radius 2 is 1.41 bits per heavy atom. The van der Waals surface area contributed by atoms with Gasteiger partial charge in [0, 0.05) is 4.90 Å². The van der Waals surface area contributed by atoms with Crippen LogP contribution in [0.3, 0.4) is 0 Å². The van der Waals surface area contributed by atoms with Gasteiger partial charge in [-0.3, -0.25) is 9.52 Å². The highest BCUT2D eigenvalue weighted by Gasteiger charge is 2.51. The fourth-order valence-electron chi connectivity index (χ4n) is 4.48. The molecule has 0 saturated heterocycles. The predicted octanol–water partition coefficient (Wildman–Crippen LogP) is 7.91. The van der Waals surface area contributed by atoms with Crippen LogP contribution in [-0.2, 0) is 14.9 Å². The lowest BCUT2D eigenvalue weighted by atomic mass is 9.93. The van der Waals surface area contributed by atoms with Crippen LogP contribution in [0.1, 0.15) is 37.0 Å². The molecule has 0 aliphatic heterocycles. The molecule has 198 valence electrons. The number of hydrogen-bond donors (Lipinski definition) is 2. The highest BCUT2D eigenvalue weighted by Crippen LogP contribution is 2.48. The highest BCUT2D eigenvalue weighted by atomic mass is 32.2. The summed E-state index contributed by atoms with van der Waals surface area (Å²) in [6, 6.07) is 25.3. The van der Waals surface area contributed by atoms with Gasteiger partial charge in [0.05, 0.1) is 5.41 Å². The van der Waals surface area contributed by atoms with E-state index in [1.807, 2.05) is 48.5 Å². The second-order valence-corrected chi connectivity index (χ2v) is 10.3. The molecular formula is C31H25F2NO4S. The molecule has 5 nitrogen and oxygen atoms in total. The Labute approximate surface area is 229 Å².